The zero-order valence-corrected chi connectivity index (χ0v) is 15.3. The van der Waals surface area contributed by atoms with E-state index < -0.39 is 0 Å². The van der Waals surface area contributed by atoms with E-state index in [2.05, 4.69) is 40.3 Å². The van der Waals surface area contributed by atoms with Crippen LogP contribution in [0.3, 0.4) is 0 Å². The van der Waals surface area contributed by atoms with Crippen molar-refractivity contribution in [2.75, 3.05) is 26.3 Å². The van der Waals surface area contributed by atoms with Crippen molar-refractivity contribution in [2.45, 2.75) is 32.5 Å². The Balaban J connectivity index is 1.66. The second kappa shape index (κ2) is 7.03. The van der Waals surface area contributed by atoms with Crippen molar-refractivity contribution in [3.63, 3.8) is 0 Å². The maximum absolute atomic E-state index is 12.4. The summed E-state index contributed by atoms with van der Waals surface area (Å²) in [4.78, 5) is 13.7. The summed E-state index contributed by atoms with van der Waals surface area (Å²) in [7, 11) is 0. The highest BCUT2D eigenvalue weighted by Crippen LogP contribution is 2.34. The Morgan fingerprint density at radius 1 is 1.27 bits per heavy atom. The third-order valence-corrected chi connectivity index (χ3v) is 4.98. The third-order valence-electron chi connectivity index (χ3n) is 4.98. The number of nitrogens with zero attached hydrogens (tertiary/aromatic N) is 1. The van der Waals surface area contributed by atoms with Gasteiger partial charge in [0.15, 0.2) is 24.1 Å². The number of hydrogen-bond donors (Lipinski definition) is 2. The lowest BCUT2D eigenvalue weighted by molar-refractivity contribution is -0.922. The van der Waals surface area contributed by atoms with Crippen LogP contribution >= 0.6 is 0 Å². The number of nitrogens with one attached hydrogen (secondary N) is 2. The van der Waals surface area contributed by atoms with Gasteiger partial charge in [0.25, 0.3) is 5.91 Å². The van der Waals surface area contributed by atoms with Crippen LogP contribution in [0.25, 0.3) is 0 Å². The number of hydrogen-bond acceptors (Lipinski definition) is 3. The fourth-order valence-corrected chi connectivity index (χ4v) is 3.93. The molecule has 2 aliphatic rings. The molecule has 0 radical (unpaired) electrons. The minimum Gasteiger partial charge on any atom is -0.486 e. The van der Waals surface area contributed by atoms with Crippen LogP contribution in [0.1, 0.15) is 31.1 Å². The molecule has 0 saturated heterocycles. The standard InChI is InChI=1S/C20H25N3O3/c1-14(2)21-19(24)13-23-9-8-22-7-3-4-16(22)20(23)15-5-6-17-18(12-15)26-11-10-25-17/h3-7,12,14,20H,8-11,13H2,1-2H3,(H,21,24)/p+1/t20-/m1/s1. The second-order valence-electron chi connectivity index (χ2n) is 7.27. The molecule has 1 aromatic heterocycles. The highest BCUT2D eigenvalue weighted by atomic mass is 16.6. The molecule has 6 nitrogen and oxygen atoms in total. The van der Waals surface area contributed by atoms with Crippen molar-refractivity contribution in [1.82, 2.24) is 9.88 Å². The van der Waals surface area contributed by atoms with Crippen LogP contribution < -0.4 is 19.7 Å². The summed E-state index contributed by atoms with van der Waals surface area (Å²) in [5.41, 5.74) is 2.39. The van der Waals surface area contributed by atoms with Gasteiger partial charge in [0, 0.05) is 17.8 Å². The first-order valence-electron chi connectivity index (χ1n) is 9.30. The summed E-state index contributed by atoms with van der Waals surface area (Å²) in [5, 5.41) is 3.02. The van der Waals surface area contributed by atoms with Crippen LogP contribution in [0.4, 0.5) is 0 Å². The van der Waals surface area contributed by atoms with Crippen LogP contribution in [0.15, 0.2) is 36.5 Å². The molecule has 4 rings (SSSR count). The Hall–Kier alpha value is -2.47. The van der Waals surface area contributed by atoms with Crippen molar-refractivity contribution in [3.8, 4) is 11.5 Å². The minimum atomic E-state index is 0.0950. The Kier molecular flexibility index (Phi) is 4.59. The number of quaternary nitrogens is 1. The quantitative estimate of drug-likeness (QED) is 0.851. The van der Waals surface area contributed by atoms with E-state index in [1.54, 1.807) is 0 Å². The zero-order chi connectivity index (χ0) is 18.1. The van der Waals surface area contributed by atoms with Gasteiger partial charge >= 0.3 is 0 Å². The Labute approximate surface area is 153 Å². The molecule has 1 amide bonds. The lowest BCUT2D eigenvalue weighted by atomic mass is 9.99. The molecule has 138 valence electrons. The van der Waals surface area contributed by atoms with E-state index in [0.29, 0.717) is 19.8 Å². The fraction of sp³-hybridized carbons (Fsp3) is 0.450. The molecule has 1 unspecified atom stereocenters. The topological polar surface area (TPSA) is 56.9 Å². The van der Waals surface area contributed by atoms with E-state index in [0.717, 1.165) is 30.2 Å². The van der Waals surface area contributed by atoms with Crippen LogP contribution in [0, 0.1) is 0 Å². The molecule has 6 heteroatoms. The van der Waals surface area contributed by atoms with Gasteiger partial charge in [0.2, 0.25) is 0 Å². The lowest BCUT2D eigenvalue weighted by Crippen LogP contribution is -3.14. The Morgan fingerprint density at radius 3 is 2.88 bits per heavy atom. The van der Waals surface area contributed by atoms with Crippen LogP contribution in [0.5, 0.6) is 11.5 Å². The summed E-state index contributed by atoms with van der Waals surface area (Å²) in [6, 6.07) is 10.6. The first kappa shape index (κ1) is 17.0. The predicted octanol–water partition coefficient (Wildman–Crippen LogP) is 0.772. The number of carbonyl (C=O) groups excluding carboxylic acids is 1. The number of benzene rings is 1. The number of amides is 1. The fourth-order valence-electron chi connectivity index (χ4n) is 3.93. The van der Waals surface area contributed by atoms with Gasteiger partial charge < -0.3 is 24.3 Å². The van der Waals surface area contributed by atoms with E-state index in [1.807, 2.05) is 19.9 Å². The number of ether oxygens (including phenoxy) is 2. The second-order valence-corrected chi connectivity index (χ2v) is 7.27. The van der Waals surface area contributed by atoms with Crippen LogP contribution in [-0.2, 0) is 11.3 Å². The molecular formula is C20H26N3O3+. The van der Waals surface area contributed by atoms with Crippen LogP contribution in [-0.4, -0.2) is 42.8 Å². The molecule has 0 spiro atoms. The smallest absolute Gasteiger partial charge is 0.275 e. The number of fused-ring (bicyclic) bond motifs is 2. The van der Waals surface area contributed by atoms with Crippen molar-refractivity contribution in [2.24, 2.45) is 0 Å². The van der Waals surface area contributed by atoms with E-state index >= 15 is 0 Å². The van der Waals surface area contributed by atoms with Crippen molar-refractivity contribution >= 4 is 5.91 Å². The van der Waals surface area contributed by atoms with E-state index in [4.69, 9.17) is 9.47 Å². The summed E-state index contributed by atoms with van der Waals surface area (Å²) < 4.78 is 13.7. The van der Waals surface area contributed by atoms with E-state index in [-0.39, 0.29) is 18.0 Å². The Bertz CT molecular complexity index is 799. The van der Waals surface area contributed by atoms with E-state index in [1.165, 1.54) is 10.6 Å². The van der Waals surface area contributed by atoms with E-state index in [9.17, 15) is 4.79 Å². The van der Waals surface area contributed by atoms with Gasteiger partial charge in [-0.1, -0.05) is 0 Å². The van der Waals surface area contributed by atoms with Crippen molar-refractivity contribution in [3.05, 3.63) is 47.8 Å². The maximum atomic E-state index is 12.4. The number of aromatic nitrogens is 1. The molecule has 2 aliphatic heterocycles. The average molecular weight is 356 g/mol. The van der Waals surface area contributed by atoms with Gasteiger partial charge in [-0.3, -0.25) is 4.79 Å². The first-order valence-corrected chi connectivity index (χ1v) is 9.30. The van der Waals surface area contributed by atoms with Gasteiger partial charge in [0.1, 0.15) is 13.2 Å². The Morgan fingerprint density at radius 2 is 2.08 bits per heavy atom. The molecule has 3 heterocycles. The average Bonchev–Trinajstić information content (AvgIpc) is 3.09. The molecule has 0 bridgehead atoms. The van der Waals surface area contributed by atoms with Gasteiger partial charge in [0.05, 0.1) is 18.8 Å². The normalized spacial score (nSPS) is 21.3. The highest BCUT2D eigenvalue weighted by molar-refractivity contribution is 5.77. The molecule has 1 aromatic carbocycles. The zero-order valence-electron chi connectivity index (χ0n) is 15.3. The molecule has 0 saturated carbocycles. The largest absolute Gasteiger partial charge is 0.486 e. The monoisotopic (exact) mass is 356 g/mol. The summed E-state index contributed by atoms with van der Waals surface area (Å²) in [6.07, 6.45) is 2.12. The molecule has 0 aliphatic carbocycles. The van der Waals surface area contributed by atoms with Gasteiger partial charge in [-0.05, 0) is 44.2 Å². The highest BCUT2D eigenvalue weighted by Gasteiger charge is 2.34. The number of rotatable bonds is 4. The maximum Gasteiger partial charge on any atom is 0.275 e. The predicted molar refractivity (Wildman–Crippen MR) is 97.7 cm³/mol. The molecule has 0 fully saturated rings. The molecule has 2 aromatic rings. The van der Waals surface area contributed by atoms with Gasteiger partial charge in [-0.25, -0.2) is 0 Å². The summed E-state index contributed by atoms with van der Waals surface area (Å²) in [5.74, 6) is 1.69. The molecular weight excluding hydrogens is 330 g/mol. The molecule has 2 atom stereocenters. The van der Waals surface area contributed by atoms with Gasteiger partial charge in [-0.2, -0.15) is 0 Å². The lowest BCUT2D eigenvalue weighted by Gasteiger charge is -2.34. The van der Waals surface area contributed by atoms with Crippen LogP contribution in [0.2, 0.25) is 0 Å². The minimum absolute atomic E-state index is 0.0950. The number of carbonyl (C=O) groups is 1. The molecule has 2 N–H and O–H groups in total. The molecule has 26 heavy (non-hydrogen) atoms. The first-order chi connectivity index (χ1) is 12.6. The summed E-state index contributed by atoms with van der Waals surface area (Å²) in [6.45, 7) is 7.44. The summed E-state index contributed by atoms with van der Waals surface area (Å²) >= 11 is 0. The van der Waals surface area contributed by atoms with Crippen molar-refractivity contribution in [1.29, 1.82) is 0 Å². The SMILES string of the molecule is CC(C)NC(=O)C[NH+]1CCn2cccc2[C@H]1c1ccc2c(c1)OCCO2. The van der Waals surface area contributed by atoms with Gasteiger partial charge in [-0.15, -0.1) is 0 Å². The third kappa shape index (κ3) is 3.29. The van der Waals surface area contributed by atoms with Crippen molar-refractivity contribution < 1.29 is 19.2 Å².